The van der Waals surface area contributed by atoms with Gasteiger partial charge in [0.2, 0.25) is 0 Å². The monoisotopic (exact) mass is 615 g/mol. The number of aromatic nitrogens is 4. The quantitative estimate of drug-likeness (QED) is 0.117. The highest BCUT2D eigenvalue weighted by atomic mass is 19.1. The first-order valence-corrected chi connectivity index (χ1v) is 13.0. The van der Waals surface area contributed by atoms with Crippen molar-refractivity contribution in [2.45, 2.75) is 19.5 Å². The van der Waals surface area contributed by atoms with E-state index in [1.807, 2.05) is 0 Å². The molecule has 0 aliphatic heterocycles. The molecule has 0 radical (unpaired) electrons. The van der Waals surface area contributed by atoms with Crippen molar-refractivity contribution in [1.82, 2.24) is 30.4 Å². The normalized spacial score (nSPS) is 11.7. The lowest BCUT2D eigenvalue weighted by molar-refractivity contribution is 0.0695. The van der Waals surface area contributed by atoms with Gasteiger partial charge in [0.15, 0.2) is 11.3 Å². The Labute approximate surface area is 250 Å². The lowest BCUT2D eigenvalue weighted by Crippen LogP contribution is -2.36. The van der Waals surface area contributed by atoms with Crippen LogP contribution in [-0.2, 0) is 6.54 Å². The lowest BCUT2D eigenvalue weighted by atomic mass is 10.1. The van der Waals surface area contributed by atoms with Gasteiger partial charge in [-0.05, 0) is 42.3 Å². The van der Waals surface area contributed by atoms with Crippen molar-refractivity contribution < 1.29 is 28.7 Å². The predicted molar refractivity (Wildman–Crippen MR) is 155 cm³/mol. The number of halogens is 1. The molecular formula is C28H22FN9O7. The van der Waals surface area contributed by atoms with Crippen LogP contribution in [-0.4, -0.2) is 48.6 Å². The first-order valence-electron chi connectivity index (χ1n) is 13.0. The highest BCUT2D eigenvalue weighted by Gasteiger charge is 2.24. The first-order chi connectivity index (χ1) is 21.3. The smallest absolute Gasteiger partial charge is 0.335 e. The highest BCUT2D eigenvalue weighted by molar-refractivity contribution is 6.01. The molecule has 16 nitrogen and oxygen atoms in total. The second kappa shape index (κ2) is 11.6. The Hall–Kier alpha value is -6.52. The molecule has 1 atom stereocenters. The molecule has 3 amide bonds. The van der Waals surface area contributed by atoms with Crippen LogP contribution in [0.25, 0.3) is 5.65 Å². The standard InChI is InChI=1S/C28H22FN9O7/c1-11(13-3-5-14(6-4-13)28(44)45)33-26(42)17-9-18(38-25(35-17)21(24(31)41)36-37-38)27(43)32-10-12-2-7-15(29)16(8-12)34-20-19(30)22(39)23(20)40/h2-9,11,34H,10,30H2,1H3,(H2,31,41)(H,32,43)(H,33,42)(H,44,45)/t11-/m0/s1. The maximum atomic E-state index is 14.4. The van der Waals surface area contributed by atoms with E-state index in [4.69, 9.17) is 16.6 Å². The number of nitrogen functional groups attached to an aromatic ring is 1. The number of carboxylic acid groups (broad SMARTS) is 1. The van der Waals surface area contributed by atoms with Crippen LogP contribution in [0.3, 0.4) is 0 Å². The zero-order valence-electron chi connectivity index (χ0n) is 23.1. The molecule has 5 aromatic rings. The van der Waals surface area contributed by atoms with Gasteiger partial charge < -0.3 is 32.5 Å². The third kappa shape index (κ3) is 5.76. The number of primary amides is 1. The van der Waals surface area contributed by atoms with Crippen LogP contribution in [0, 0.1) is 5.82 Å². The van der Waals surface area contributed by atoms with Gasteiger partial charge in [0, 0.05) is 12.6 Å². The van der Waals surface area contributed by atoms with Gasteiger partial charge in [0.1, 0.15) is 28.6 Å². The summed E-state index contributed by atoms with van der Waals surface area (Å²) >= 11 is 0. The number of nitrogens with zero attached hydrogens (tertiary/aromatic N) is 4. The van der Waals surface area contributed by atoms with Crippen molar-refractivity contribution >= 4 is 46.4 Å². The zero-order chi connectivity index (χ0) is 32.6. The van der Waals surface area contributed by atoms with Crippen LogP contribution in [0.1, 0.15) is 65.9 Å². The van der Waals surface area contributed by atoms with Gasteiger partial charge >= 0.3 is 5.97 Å². The van der Waals surface area contributed by atoms with Crippen LogP contribution in [0.4, 0.5) is 21.5 Å². The number of aromatic carboxylic acids is 1. The molecule has 2 heterocycles. The van der Waals surface area contributed by atoms with Crippen molar-refractivity contribution in [3.63, 3.8) is 0 Å². The minimum atomic E-state index is -1.11. The average molecular weight is 616 g/mol. The van der Waals surface area contributed by atoms with Gasteiger partial charge in [0.05, 0.1) is 17.3 Å². The molecule has 228 valence electrons. The molecule has 0 aliphatic rings. The summed E-state index contributed by atoms with van der Waals surface area (Å²) in [6, 6.07) is 10.0. The van der Waals surface area contributed by atoms with Crippen molar-refractivity contribution in [3.8, 4) is 0 Å². The van der Waals surface area contributed by atoms with Crippen LogP contribution >= 0.6 is 0 Å². The minimum Gasteiger partial charge on any atom is -0.478 e. The average Bonchev–Trinajstić information content (AvgIpc) is 3.47. The molecule has 45 heavy (non-hydrogen) atoms. The molecule has 0 bridgehead atoms. The number of nitrogens with two attached hydrogens (primary N) is 2. The molecular weight excluding hydrogens is 593 g/mol. The van der Waals surface area contributed by atoms with E-state index in [0.717, 1.165) is 16.6 Å². The van der Waals surface area contributed by atoms with Crippen molar-refractivity contribution in [2.24, 2.45) is 5.73 Å². The van der Waals surface area contributed by atoms with E-state index in [-0.39, 0.29) is 46.2 Å². The number of hydrogen-bond acceptors (Lipinski definition) is 11. The van der Waals surface area contributed by atoms with Gasteiger partial charge in [-0.3, -0.25) is 24.0 Å². The van der Waals surface area contributed by atoms with E-state index in [9.17, 15) is 33.2 Å². The van der Waals surface area contributed by atoms with Crippen LogP contribution in [0.15, 0.2) is 58.1 Å². The number of fused-ring (bicyclic) bond motifs is 1. The molecule has 17 heteroatoms. The fourth-order valence-corrected chi connectivity index (χ4v) is 4.30. The summed E-state index contributed by atoms with van der Waals surface area (Å²) in [5.41, 5.74) is 8.18. The van der Waals surface area contributed by atoms with Crippen molar-refractivity contribution in [2.75, 3.05) is 11.1 Å². The summed E-state index contributed by atoms with van der Waals surface area (Å²) in [4.78, 5) is 76.8. The van der Waals surface area contributed by atoms with Gasteiger partial charge in [-0.25, -0.2) is 14.2 Å². The van der Waals surface area contributed by atoms with E-state index < -0.39 is 52.1 Å². The molecule has 0 fully saturated rings. The Kier molecular flexibility index (Phi) is 7.74. The number of hydrogen-bond donors (Lipinski definition) is 6. The summed E-state index contributed by atoms with van der Waals surface area (Å²) in [6.45, 7) is 1.46. The molecule has 2 aromatic heterocycles. The number of rotatable bonds is 10. The Morgan fingerprint density at radius 1 is 1.02 bits per heavy atom. The minimum absolute atomic E-state index is 0.0624. The largest absolute Gasteiger partial charge is 0.478 e. The molecule has 0 unspecified atom stereocenters. The molecule has 5 rings (SSSR count). The van der Waals surface area contributed by atoms with E-state index in [1.165, 1.54) is 36.4 Å². The number of benzene rings is 2. The third-order valence-electron chi connectivity index (χ3n) is 6.77. The summed E-state index contributed by atoms with van der Waals surface area (Å²) in [7, 11) is 0. The van der Waals surface area contributed by atoms with Crippen LogP contribution in [0.5, 0.6) is 0 Å². The van der Waals surface area contributed by atoms with Crippen molar-refractivity contribution in [1.29, 1.82) is 0 Å². The molecule has 0 saturated heterocycles. The molecule has 8 N–H and O–H groups in total. The molecule has 0 spiro atoms. The Balaban J connectivity index is 1.39. The lowest BCUT2D eigenvalue weighted by Gasteiger charge is -2.15. The van der Waals surface area contributed by atoms with E-state index in [0.29, 0.717) is 11.1 Å². The Morgan fingerprint density at radius 2 is 1.73 bits per heavy atom. The maximum absolute atomic E-state index is 14.4. The van der Waals surface area contributed by atoms with Gasteiger partial charge in [0.25, 0.3) is 28.6 Å². The van der Waals surface area contributed by atoms with E-state index >= 15 is 0 Å². The second-order valence-corrected chi connectivity index (χ2v) is 9.76. The predicted octanol–water partition coefficient (Wildman–Crippen LogP) is 0.403. The third-order valence-corrected chi connectivity index (χ3v) is 6.77. The first kappa shape index (κ1) is 30.0. The van der Waals surface area contributed by atoms with E-state index in [1.54, 1.807) is 6.92 Å². The molecule has 0 saturated carbocycles. The van der Waals surface area contributed by atoms with Crippen LogP contribution < -0.4 is 38.3 Å². The SMILES string of the molecule is C[C@H](NC(=O)c1cc(C(=O)NCc2ccc(F)c(Nc3c(N)c(=O)c3=O)c2)n2nnc(C(N)=O)c2n1)c1ccc(C(=O)O)cc1. The summed E-state index contributed by atoms with van der Waals surface area (Å²) < 4.78 is 15.3. The van der Waals surface area contributed by atoms with Crippen LogP contribution in [0.2, 0.25) is 0 Å². The van der Waals surface area contributed by atoms with Gasteiger partial charge in [-0.15, -0.1) is 5.10 Å². The number of carbonyl (C=O) groups is 4. The maximum Gasteiger partial charge on any atom is 0.335 e. The zero-order valence-corrected chi connectivity index (χ0v) is 23.1. The topological polar surface area (TPSA) is 254 Å². The summed E-state index contributed by atoms with van der Waals surface area (Å²) in [5.74, 6) is -4.41. The van der Waals surface area contributed by atoms with E-state index in [2.05, 4.69) is 31.2 Å². The van der Waals surface area contributed by atoms with Crippen molar-refractivity contribution in [3.05, 3.63) is 109 Å². The molecule has 3 aromatic carbocycles. The van der Waals surface area contributed by atoms with Gasteiger partial charge in [-0.1, -0.05) is 23.4 Å². The second-order valence-electron chi connectivity index (χ2n) is 9.76. The fraction of sp³-hybridized carbons (Fsp3) is 0.107. The number of carboxylic acids is 1. The highest BCUT2D eigenvalue weighted by Crippen LogP contribution is 2.23. The Bertz CT molecular complexity index is 2100. The number of anilines is 3. The number of amides is 3. The summed E-state index contributed by atoms with van der Waals surface area (Å²) in [5, 5.41) is 24.3. The molecule has 0 aliphatic carbocycles. The number of nitrogens with one attached hydrogen (secondary N) is 3. The summed E-state index contributed by atoms with van der Waals surface area (Å²) in [6.07, 6.45) is 0. The Morgan fingerprint density at radius 3 is 2.38 bits per heavy atom. The van der Waals surface area contributed by atoms with Gasteiger partial charge in [-0.2, -0.15) is 4.52 Å². The number of carbonyl (C=O) groups excluding carboxylic acids is 3. The fourth-order valence-electron chi connectivity index (χ4n) is 4.30.